The van der Waals surface area contributed by atoms with E-state index in [1.165, 1.54) is 24.3 Å². The van der Waals surface area contributed by atoms with Gasteiger partial charge in [0.05, 0.1) is 23.0 Å². The fourth-order valence-electron chi connectivity index (χ4n) is 2.61. The summed E-state index contributed by atoms with van der Waals surface area (Å²) in [6, 6.07) is 15.9. The molecule has 27 heavy (non-hydrogen) atoms. The molecule has 1 aromatic heterocycles. The number of benzene rings is 2. The maximum Gasteiger partial charge on any atom is 0.270 e. The van der Waals surface area contributed by atoms with E-state index >= 15 is 0 Å². The summed E-state index contributed by atoms with van der Waals surface area (Å²) < 4.78 is 0. The highest BCUT2D eigenvalue weighted by molar-refractivity contribution is 5.95. The molecule has 1 amide bonds. The van der Waals surface area contributed by atoms with Gasteiger partial charge >= 0.3 is 0 Å². The molecule has 2 aromatic carbocycles. The van der Waals surface area contributed by atoms with E-state index in [0.717, 1.165) is 5.39 Å². The first kappa shape index (κ1) is 17.8. The number of aromatic nitrogens is 1. The Morgan fingerprint density at radius 1 is 1.19 bits per heavy atom. The number of hydrogen-bond donors (Lipinski definition) is 1. The molecule has 1 atom stereocenters. The number of pyridine rings is 1. The number of carbonyl (C=O) groups excluding carboxylic acids is 1. The second-order valence-corrected chi connectivity index (χ2v) is 5.68. The van der Waals surface area contributed by atoms with Gasteiger partial charge in [0.25, 0.3) is 11.6 Å². The van der Waals surface area contributed by atoms with E-state index in [9.17, 15) is 14.9 Å². The Hall–Kier alpha value is -3.97. The zero-order valence-electron chi connectivity index (χ0n) is 14.0. The number of nitro groups is 1. The lowest BCUT2D eigenvalue weighted by atomic mass is 10.1. The van der Waals surface area contributed by atoms with Crippen molar-refractivity contribution in [2.75, 3.05) is 6.54 Å². The molecule has 3 aromatic rings. The molecule has 0 aliphatic carbocycles. The van der Waals surface area contributed by atoms with Crippen molar-refractivity contribution >= 4 is 22.5 Å². The van der Waals surface area contributed by atoms with Gasteiger partial charge in [-0.25, -0.2) is 4.98 Å². The monoisotopic (exact) mass is 362 g/mol. The number of nitro benzene ring substituents is 1. The molecule has 0 saturated heterocycles. The minimum atomic E-state index is -0.637. The van der Waals surface area contributed by atoms with Crippen LogP contribution in [0.4, 0.5) is 5.69 Å². The number of nitrogens with one attached hydrogen (secondary N) is 1. The van der Waals surface area contributed by atoms with E-state index in [2.05, 4.69) is 20.3 Å². The van der Waals surface area contributed by atoms with Crippen LogP contribution >= 0.6 is 0 Å². The quantitative estimate of drug-likeness (QED) is 0.234. The summed E-state index contributed by atoms with van der Waals surface area (Å²) >= 11 is 0. The van der Waals surface area contributed by atoms with E-state index in [1.54, 1.807) is 18.2 Å². The van der Waals surface area contributed by atoms with E-state index in [0.29, 0.717) is 11.1 Å². The average Bonchev–Trinajstić information content (AvgIpc) is 2.70. The summed E-state index contributed by atoms with van der Waals surface area (Å²) in [7, 11) is 0. The Balaban J connectivity index is 1.85. The molecule has 134 valence electrons. The van der Waals surface area contributed by atoms with E-state index in [1.807, 2.05) is 18.2 Å². The average molecular weight is 362 g/mol. The van der Waals surface area contributed by atoms with E-state index < -0.39 is 16.9 Å². The lowest BCUT2D eigenvalue weighted by Gasteiger charge is -2.17. The number of fused-ring (bicyclic) bond motifs is 1. The molecule has 0 unspecified atom stereocenters. The summed E-state index contributed by atoms with van der Waals surface area (Å²) in [4.78, 5) is 29.9. The van der Waals surface area contributed by atoms with Crippen LogP contribution in [0.2, 0.25) is 0 Å². The van der Waals surface area contributed by atoms with Crippen molar-refractivity contribution in [3.8, 4) is 0 Å². The third kappa shape index (κ3) is 4.17. The molecule has 0 radical (unpaired) electrons. The molecule has 1 heterocycles. The van der Waals surface area contributed by atoms with Crippen molar-refractivity contribution in [3.05, 3.63) is 92.5 Å². The molecule has 0 spiro atoms. The minimum absolute atomic E-state index is 0.0341. The van der Waals surface area contributed by atoms with Gasteiger partial charge < -0.3 is 5.32 Å². The third-order valence-electron chi connectivity index (χ3n) is 3.97. The number of rotatable bonds is 6. The number of amides is 1. The molecule has 9 heteroatoms. The normalized spacial score (nSPS) is 11.4. The third-order valence-corrected chi connectivity index (χ3v) is 3.97. The first-order chi connectivity index (χ1) is 13.1. The zero-order valence-corrected chi connectivity index (χ0v) is 14.0. The van der Waals surface area contributed by atoms with Crippen LogP contribution in [-0.2, 0) is 0 Å². The lowest BCUT2D eigenvalue weighted by Crippen LogP contribution is -2.30. The maximum absolute atomic E-state index is 12.6. The van der Waals surface area contributed by atoms with Gasteiger partial charge in [0.1, 0.15) is 5.69 Å². The highest BCUT2D eigenvalue weighted by Gasteiger charge is 2.17. The number of nitrogens with zero attached hydrogens (tertiary/aromatic N) is 5. The predicted octanol–water partition coefficient (Wildman–Crippen LogP) is 3.92. The van der Waals surface area contributed by atoms with Crippen LogP contribution in [-0.4, -0.2) is 22.4 Å². The smallest absolute Gasteiger partial charge is 0.270 e. The predicted molar refractivity (Wildman–Crippen MR) is 99.1 cm³/mol. The maximum atomic E-state index is 12.6. The number of non-ortho nitro benzene ring substituents is 1. The van der Waals surface area contributed by atoms with Crippen LogP contribution < -0.4 is 5.32 Å². The van der Waals surface area contributed by atoms with Gasteiger partial charge in [-0.2, -0.15) is 0 Å². The highest BCUT2D eigenvalue weighted by atomic mass is 16.6. The molecular weight excluding hydrogens is 348 g/mol. The molecule has 1 N–H and O–H groups in total. The van der Waals surface area contributed by atoms with Crippen LogP contribution in [0.3, 0.4) is 0 Å². The lowest BCUT2D eigenvalue weighted by molar-refractivity contribution is -0.384. The first-order valence-corrected chi connectivity index (χ1v) is 8.00. The van der Waals surface area contributed by atoms with Gasteiger partial charge in [0, 0.05) is 22.4 Å². The van der Waals surface area contributed by atoms with E-state index in [4.69, 9.17) is 5.53 Å². The Labute approximate surface area is 153 Å². The van der Waals surface area contributed by atoms with Crippen molar-refractivity contribution in [2.45, 2.75) is 6.04 Å². The van der Waals surface area contributed by atoms with Gasteiger partial charge in [-0.05, 0) is 23.2 Å². The SMILES string of the molecule is [N-]=[N+]=NC[C@@H](NC(=O)c1ccc2ccccc2n1)c1ccc([N+](=O)[O-])cc1. The highest BCUT2D eigenvalue weighted by Crippen LogP contribution is 2.19. The van der Waals surface area contributed by atoms with Crippen LogP contribution in [0.25, 0.3) is 21.3 Å². The molecule has 0 saturated carbocycles. The summed E-state index contributed by atoms with van der Waals surface area (Å²) in [5.74, 6) is -0.433. The van der Waals surface area contributed by atoms with Crippen molar-refractivity contribution in [1.82, 2.24) is 10.3 Å². The molecule has 0 fully saturated rings. The van der Waals surface area contributed by atoms with Crippen molar-refractivity contribution in [3.63, 3.8) is 0 Å². The number of para-hydroxylation sites is 1. The molecular formula is C18H14N6O3. The standard InChI is InChI=1S/C18H14N6O3/c19-23-20-11-17(13-5-8-14(9-6-13)24(26)27)22-18(25)16-10-7-12-3-1-2-4-15(12)21-16/h1-10,17H,11H2,(H,22,25)/t17-/m1/s1. The van der Waals surface area contributed by atoms with Crippen LogP contribution in [0.5, 0.6) is 0 Å². The van der Waals surface area contributed by atoms with E-state index in [-0.39, 0.29) is 17.9 Å². The Morgan fingerprint density at radius 3 is 2.63 bits per heavy atom. The summed E-state index contributed by atoms with van der Waals surface area (Å²) in [5, 5.41) is 18.0. The molecule has 0 aliphatic heterocycles. The number of carbonyl (C=O) groups is 1. The van der Waals surface area contributed by atoms with Crippen LogP contribution in [0.1, 0.15) is 22.1 Å². The largest absolute Gasteiger partial charge is 0.344 e. The molecule has 3 rings (SSSR count). The second kappa shape index (κ2) is 7.94. The minimum Gasteiger partial charge on any atom is -0.344 e. The van der Waals surface area contributed by atoms with Gasteiger partial charge in [-0.1, -0.05) is 41.5 Å². The summed E-state index contributed by atoms with van der Waals surface area (Å²) in [5.41, 5.74) is 10.0. The molecule has 0 bridgehead atoms. The topological polar surface area (TPSA) is 134 Å². The van der Waals surface area contributed by atoms with Crippen molar-refractivity contribution < 1.29 is 9.72 Å². The summed E-state index contributed by atoms with van der Waals surface area (Å²) in [6.45, 7) is -0.0341. The van der Waals surface area contributed by atoms with Crippen molar-refractivity contribution in [2.24, 2.45) is 5.11 Å². The number of azide groups is 1. The Bertz CT molecular complexity index is 1040. The second-order valence-electron chi connectivity index (χ2n) is 5.68. The Kier molecular flexibility index (Phi) is 5.25. The fraction of sp³-hybridized carbons (Fsp3) is 0.111. The fourth-order valence-corrected chi connectivity index (χ4v) is 2.61. The van der Waals surface area contributed by atoms with Crippen LogP contribution in [0, 0.1) is 10.1 Å². The van der Waals surface area contributed by atoms with Gasteiger partial charge in [-0.3, -0.25) is 14.9 Å². The van der Waals surface area contributed by atoms with Crippen LogP contribution in [0.15, 0.2) is 65.8 Å². The van der Waals surface area contributed by atoms with Gasteiger partial charge in [0.15, 0.2) is 0 Å². The zero-order chi connectivity index (χ0) is 19.2. The van der Waals surface area contributed by atoms with Gasteiger partial charge in [-0.15, -0.1) is 0 Å². The summed E-state index contributed by atoms with van der Waals surface area (Å²) in [6.07, 6.45) is 0. The Morgan fingerprint density at radius 2 is 1.93 bits per heavy atom. The molecule has 9 nitrogen and oxygen atoms in total. The van der Waals surface area contributed by atoms with Gasteiger partial charge in [0.2, 0.25) is 0 Å². The first-order valence-electron chi connectivity index (χ1n) is 8.00. The number of hydrogen-bond acceptors (Lipinski definition) is 5. The van der Waals surface area contributed by atoms with Crippen molar-refractivity contribution in [1.29, 1.82) is 0 Å². The molecule has 0 aliphatic rings.